The summed E-state index contributed by atoms with van der Waals surface area (Å²) in [7, 11) is 1.76. The SMILES string of the molecule is CCNC(=O)C[C@@H]1CC[C@@H]2[C@H](COc3ccc(NC(=O)Nc4ccccc4C)cc3C(=O)N2C)O1. The second-order valence-corrected chi connectivity index (χ2v) is 8.93. The Labute approximate surface area is 205 Å². The van der Waals surface area contributed by atoms with Crippen LogP contribution in [0.25, 0.3) is 0 Å². The predicted molar refractivity (Wildman–Crippen MR) is 133 cm³/mol. The Morgan fingerprint density at radius 3 is 2.69 bits per heavy atom. The third-order valence-corrected chi connectivity index (χ3v) is 6.45. The fourth-order valence-electron chi connectivity index (χ4n) is 4.58. The van der Waals surface area contributed by atoms with Crippen LogP contribution in [-0.2, 0) is 9.53 Å². The van der Waals surface area contributed by atoms with Crippen LogP contribution in [0.1, 0.15) is 42.1 Å². The van der Waals surface area contributed by atoms with Gasteiger partial charge >= 0.3 is 6.03 Å². The molecular formula is C26H32N4O5. The van der Waals surface area contributed by atoms with E-state index in [2.05, 4.69) is 16.0 Å². The number of aryl methyl sites for hydroxylation is 1. The molecule has 2 heterocycles. The van der Waals surface area contributed by atoms with E-state index in [1.54, 1.807) is 30.1 Å². The second-order valence-electron chi connectivity index (χ2n) is 8.93. The van der Waals surface area contributed by atoms with Crippen molar-refractivity contribution in [2.45, 2.75) is 51.4 Å². The number of ether oxygens (including phenoxy) is 2. The summed E-state index contributed by atoms with van der Waals surface area (Å²) in [5.74, 6) is 0.187. The van der Waals surface area contributed by atoms with Crippen molar-refractivity contribution in [1.82, 2.24) is 10.2 Å². The van der Waals surface area contributed by atoms with Crippen LogP contribution in [0.2, 0.25) is 0 Å². The van der Waals surface area contributed by atoms with E-state index >= 15 is 0 Å². The maximum absolute atomic E-state index is 13.4. The van der Waals surface area contributed by atoms with Crippen LogP contribution in [0.15, 0.2) is 42.5 Å². The quantitative estimate of drug-likeness (QED) is 0.607. The number of carbonyl (C=O) groups is 3. The van der Waals surface area contributed by atoms with E-state index in [0.717, 1.165) is 5.56 Å². The molecule has 2 aromatic carbocycles. The van der Waals surface area contributed by atoms with Gasteiger partial charge in [-0.1, -0.05) is 18.2 Å². The molecule has 0 aliphatic carbocycles. The zero-order chi connectivity index (χ0) is 24.9. The molecule has 4 amide bonds. The standard InChI is InChI=1S/C26H32N4O5/c1-4-27-24(31)14-18-10-11-21-23(35-18)15-34-22-12-9-17(13-19(22)25(32)30(21)3)28-26(33)29-20-8-6-5-7-16(20)2/h5-9,12-13,18,21,23H,4,10-11,14-15H2,1-3H3,(H,27,31)(H2,28,29,33)/t18-,21+,23-/m0/s1. The number of carbonyl (C=O) groups excluding carboxylic acids is 3. The van der Waals surface area contributed by atoms with Gasteiger partial charge in [-0.2, -0.15) is 0 Å². The van der Waals surface area contributed by atoms with E-state index in [-0.39, 0.29) is 36.7 Å². The summed E-state index contributed by atoms with van der Waals surface area (Å²) in [6, 6.07) is 11.9. The van der Waals surface area contributed by atoms with E-state index in [0.29, 0.717) is 48.5 Å². The first-order chi connectivity index (χ1) is 16.9. The lowest BCUT2D eigenvalue weighted by molar-refractivity contribution is -0.133. The molecule has 4 rings (SSSR count). The minimum Gasteiger partial charge on any atom is -0.490 e. The molecule has 0 saturated carbocycles. The zero-order valence-electron chi connectivity index (χ0n) is 20.3. The molecule has 35 heavy (non-hydrogen) atoms. The maximum Gasteiger partial charge on any atom is 0.323 e. The number of anilines is 2. The molecule has 3 N–H and O–H groups in total. The van der Waals surface area contributed by atoms with Crippen LogP contribution >= 0.6 is 0 Å². The van der Waals surface area contributed by atoms with Gasteiger partial charge in [0.2, 0.25) is 5.91 Å². The number of para-hydroxylation sites is 1. The summed E-state index contributed by atoms with van der Waals surface area (Å²) in [6.45, 7) is 4.64. The fourth-order valence-corrected chi connectivity index (χ4v) is 4.58. The molecule has 186 valence electrons. The molecule has 0 spiro atoms. The van der Waals surface area contributed by atoms with Crippen LogP contribution in [-0.4, -0.2) is 61.2 Å². The molecule has 1 saturated heterocycles. The van der Waals surface area contributed by atoms with Crippen LogP contribution in [0, 0.1) is 6.92 Å². The molecule has 0 radical (unpaired) electrons. The number of benzene rings is 2. The van der Waals surface area contributed by atoms with Crippen molar-refractivity contribution in [2.75, 3.05) is 30.8 Å². The molecule has 9 nitrogen and oxygen atoms in total. The molecule has 0 bridgehead atoms. The molecule has 1 fully saturated rings. The summed E-state index contributed by atoms with van der Waals surface area (Å²) < 4.78 is 12.2. The highest BCUT2D eigenvalue weighted by Gasteiger charge is 2.39. The molecule has 2 aromatic rings. The Morgan fingerprint density at radius 1 is 1.11 bits per heavy atom. The number of urea groups is 1. The number of hydrogen-bond acceptors (Lipinski definition) is 5. The second kappa shape index (κ2) is 10.8. The van der Waals surface area contributed by atoms with Gasteiger partial charge in [-0.25, -0.2) is 4.79 Å². The lowest BCUT2D eigenvalue weighted by Gasteiger charge is -2.42. The van der Waals surface area contributed by atoms with Crippen molar-refractivity contribution < 1.29 is 23.9 Å². The minimum atomic E-state index is -0.397. The Morgan fingerprint density at radius 2 is 1.91 bits per heavy atom. The van der Waals surface area contributed by atoms with Crippen molar-refractivity contribution >= 4 is 29.2 Å². The van der Waals surface area contributed by atoms with Crippen LogP contribution in [0.3, 0.4) is 0 Å². The van der Waals surface area contributed by atoms with Gasteiger partial charge in [0.25, 0.3) is 5.91 Å². The first-order valence-electron chi connectivity index (χ1n) is 12.0. The molecule has 2 aliphatic rings. The van der Waals surface area contributed by atoms with E-state index in [9.17, 15) is 14.4 Å². The van der Waals surface area contributed by atoms with Crippen molar-refractivity contribution in [3.8, 4) is 5.75 Å². The Bertz CT molecular complexity index is 1100. The molecule has 0 aromatic heterocycles. The fraction of sp³-hybridized carbons (Fsp3) is 0.423. The monoisotopic (exact) mass is 480 g/mol. The smallest absolute Gasteiger partial charge is 0.323 e. The average molecular weight is 481 g/mol. The molecule has 0 unspecified atom stereocenters. The van der Waals surface area contributed by atoms with Gasteiger partial charge in [0.05, 0.1) is 24.1 Å². The number of nitrogens with zero attached hydrogens (tertiary/aromatic N) is 1. The topological polar surface area (TPSA) is 109 Å². The lowest BCUT2D eigenvalue weighted by Crippen LogP contribution is -2.54. The Kier molecular flexibility index (Phi) is 7.55. The highest BCUT2D eigenvalue weighted by molar-refractivity contribution is 6.02. The third kappa shape index (κ3) is 5.74. The van der Waals surface area contributed by atoms with Gasteiger partial charge < -0.3 is 30.3 Å². The van der Waals surface area contributed by atoms with E-state index in [1.807, 2.05) is 38.1 Å². The number of amides is 4. The van der Waals surface area contributed by atoms with Crippen molar-refractivity contribution in [2.24, 2.45) is 0 Å². The first kappa shape index (κ1) is 24.5. The van der Waals surface area contributed by atoms with Crippen LogP contribution in [0.5, 0.6) is 5.75 Å². The van der Waals surface area contributed by atoms with Crippen molar-refractivity contribution in [1.29, 1.82) is 0 Å². The zero-order valence-corrected chi connectivity index (χ0v) is 20.3. The number of fused-ring (bicyclic) bond motifs is 2. The van der Waals surface area contributed by atoms with Crippen molar-refractivity contribution in [3.63, 3.8) is 0 Å². The Balaban J connectivity index is 1.46. The number of hydrogen-bond donors (Lipinski definition) is 3. The van der Waals surface area contributed by atoms with Crippen LogP contribution in [0.4, 0.5) is 16.2 Å². The first-order valence-corrected chi connectivity index (χ1v) is 12.0. The summed E-state index contributed by atoms with van der Waals surface area (Å²) in [5, 5.41) is 8.41. The minimum absolute atomic E-state index is 0.0380. The normalized spacial score (nSPS) is 21.5. The highest BCUT2D eigenvalue weighted by Crippen LogP contribution is 2.32. The Hall–Kier alpha value is -3.59. The van der Waals surface area contributed by atoms with Gasteiger partial charge in [-0.05, 0) is 56.5 Å². The molecule has 2 aliphatic heterocycles. The molecular weight excluding hydrogens is 448 g/mol. The van der Waals surface area contributed by atoms with Crippen molar-refractivity contribution in [3.05, 3.63) is 53.6 Å². The number of nitrogens with one attached hydrogen (secondary N) is 3. The summed E-state index contributed by atoms with van der Waals surface area (Å²) in [4.78, 5) is 39.5. The van der Waals surface area contributed by atoms with Gasteiger partial charge in [0.15, 0.2) is 0 Å². The third-order valence-electron chi connectivity index (χ3n) is 6.45. The summed E-state index contributed by atoms with van der Waals surface area (Å²) in [6.07, 6.45) is 1.16. The highest BCUT2D eigenvalue weighted by atomic mass is 16.5. The maximum atomic E-state index is 13.4. The summed E-state index contributed by atoms with van der Waals surface area (Å²) >= 11 is 0. The van der Waals surface area contributed by atoms with E-state index in [4.69, 9.17) is 9.47 Å². The van der Waals surface area contributed by atoms with Gasteiger partial charge in [0.1, 0.15) is 18.5 Å². The van der Waals surface area contributed by atoms with E-state index < -0.39 is 6.03 Å². The molecule has 3 atom stereocenters. The summed E-state index contributed by atoms with van der Waals surface area (Å²) in [5.41, 5.74) is 2.52. The van der Waals surface area contributed by atoms with Gasteiger partial charge in [-0.15, -0.1) is 0 Å². The number of rotatable bonds is 5. The van der Waals surface area contributed by atoms with Gasteiger partial charge in [0, 0.05) is 25.0 Å². The number of likely N-dealkylation sites (N-methyl/N-ethyl adjacent to an activating group) is 1. The van der Waals surface area contributed by atoms with E-state index in [1.165, 1.54) is 0 Å². The lowest BCUT2D eigenvalue weighted by atomic mass is 9.94. The molecule has 9 heteroatoms. The average Bonchev–Trinajstić information content (AvgIpc) is 2.83. The van der Waals surface area contributed by atoms with Gasteiger partial charge in [-0.3, -0.25) is 9.59 Å². The predicted octanol–water partition coefficient (Wildman–Crippen LogP) is 3.55. The van der Waals surface area contributed by atoms with Crippen LogP contribution < -0.4 is 20.7 Å². The largest absolute Gasteiger partial charge is 0.490 e.